The van der Waals surface area contributed by atoms with Crippen molar-refractivity contribution >= 4 is 17.6 Å². The number of rotatable bonds is 2. The first-order valence-corrected chi connectivity index (χ1v) is 4.63. The number of alkyl halides is 1. The Kier molecular flexibility index (Phi) is 3.82. The minimum absolute atomic E-state index is 0.186. The molecule has 1 aliphatic heterocycles. The molecule has 3 nitrogen and oxygen atoms in total. The second-order valence-electron chi connectivity index (χ2n) is 2.74. The number of ether oxygens (including phenoxy) is 2. The highest BCUT2D eigenvalue weighted by Crippen LogP contribution is 2.20. The molecule has 1 rings (SSSR count). The normalized spacial score (nSPS) is 29.8. The van der Waals surface area contributed by atoms with Gasteiger partial charge in [-0.05, 0) is 12.8 Å². The summed E-state index contributed by atoms with van der Waals surface area (Å²) in [6, 6.07) is 0. The molecule has 0 aromatic heterocycles. The fraction of sp³-hybridized carbons (Fsp3) is 0.875. The zero-order valence-corrected chi connectivity index (χ0v) is 7.84. The predicted molar refractivity (Wildman–Crippen MR) is 45.0 cm³/mol. The van der Waals surface area contributed by atoms with Gasteiger partial charge in [0.2, 0.25) is 6.29 Å². The summed E-state index contributed by atoms with van der Waals surface area (Å²) in [6.45, 7) is 2.37. The van der Waals surface area contributed by atoms with Crippen LogP contribution in [0.2, 0.25) is 0 Å². The number of hydrogen-bond acceptors (Lipinski definition) is 3. The summed E-state index contributed by atoms with van der Waals surface area (Å²) in [5.41, 5.74) is 0. The van der Waals surface area contributed by atoms with Crippen molar-refractivity contribution in [2.45, 2.75) is 37.9 Å². The molecule has 1 aliphatic rings. The van der Waals surface area contributed by atoms with Crippen molar-refractivity contribution in [2.75, 3.05) is 6.61 Å². The molecule has 0 N–H and O–H groups in total. The SMILES string of the molecule is CCC(=O)OC1OCCCC1Cl. The Hall–Kier alpha value is -0.280. The first-order valence-electron chi connectivity index (χ1n) is 4.19. The molecule has 2 atom stereocenters. The van der Waals surface area contributed by atoms with E-state index in [1.165, 1.54) is 0 Å². The lowest BCUT2D eigenvalue weighted by molar-refractivity contribution is -0.185. The largest absolute Gasteiger partial charge is 0.434 e. The Balaban J connectivity index is 2.33. The van der Waals surface area contributed by atoms with Crippen molar-refractivity contribution in [1.29, 1.82) is 0 Å². The van der Waals surface area contributed by atoms with Crippen LogP contribution in [0.1, 0.15) is 26.2 Å². The van der Waals surface area contributed by atoms with Gasteiger partial charge in [0.15, 0.2) is 0 Å². The van der Waals surface area contributed by atoms with Crippen molar-refractivity contribution in [3.8, 4) is 0 Å². The first-order chi connectivity index (χ1) is 5.74. The van der Waals surface area contributed by atoms with Crippen molar-refractivity contribution < 1.29 is 14.3 Å². The van der Waals surface area contributed by atoms with Gasteiger partial charge in [-0.15, -0.1) is 11.6 Å². The van der Waals surface area contributed by atoms with Gasteiger partial charge in [-0.25, -0.2) is 0 Å². The molecule has 70 valence electrons. The van der Waals surface area contributed by atoms with Gasteiger partial charge in [-0.3, -0.25) is 4.79 Å². The van der Waals surface area contributed by atoms with Crippen LogP contribution in [0.5, 0.6) is 0 Å². The lowest BCUT2D eigenvalue weighted by Gasteiger charge is -2.26. The first kappa shape index (κ1) is 9.81. The number of halogens is 1. The monoisotopic (exact) mass is 192 g/mol. The number of hydrogen-bond donors (Lipinski definition) is 0. The minimum atomic E-state index is -0.534. The van der Waals surface area contributed by atoms with E-state index in [0.29, 0.717) is 13.0 Å². The molecule has 0 aliphatic carbocycles. The third-order valence-electron chi connectivity index (χ3n) is 1.74. The number of carbonyl (C=O) groups excluding carboxylic acids is 1. The maximum atomic E-state index is 10.9. The third-order valence-corrected chi connectivity index (χ3v) is 2.16. The van der Waals surface area contributed by atoms with Gasteiger partial charge in [0.25, 0.3) is 0 Å². The van der Waals surface area contributed by atoms with Gasteiger partial charge in [0.05, 0.1) is 12.0 Å². The predicted octanol–water partition coefficient (Wildman–Crippen LogP) is 1.68. The lowest BCUT2D eigenvalue weighted by atomic mass is 10.2. The molecule has 0 amide bonds. The maximum Gasteiger partial charge on any atom is 0.307 e. The summed E-state index contributed by atoms with van der Waals surface area (Å²) in [5, 5.41) is -0.186. The average molecular weight is 193 g/mol. The van der Waals surface area contributed by atoms with Crippen LogP contribution in [0.25, 0.3) is 0 Å². The van der Waals surface area contributed by atoms with Crippen molar-refractivity contribution in [3.05, 3.63) is 0 Å². The Morgan fingerprint density at radius 2 is 2.50 bits per heavy atom. The van der Waals surface area contributed by atoms with Gasteiger partial charge in [0, 0.05) is 6.42 Å². The van der Waals surface area contributed by atoms with Crippen LogP contribution < -0.4 is 0 Å². The van der Waals surface area contributed by atoms with Crippen LogP contribution >= 0.6 is 11.6 Å². The molecule has 0 saturated carbocycles. The van der Waals surface area contributed by atoms with Crippen LogP contribution in [0.3, 0.4) is 0 Å². The van der Waals surface area contributed by atoms with Gasteiger partial charge in [-0.2, -0.15) is 0 Å². The van der Waals surface area contributed by atoms with E-state index in [1.54, 1.807) is 6.92 Å². The summed E-state index contributed by atoms with van der Waals surface area (Å²) in [5.74, 6) is -0.257. The number of esters is 1. The molecule has 12 heavy (non-hydrogen) atoms. The van der Waals surface area contributed by atoms with Crippen molar-refractivity contribution in [3.63, 3.8) is 0 Å². The molecule has 0 spiro atoms. The van der Waals surface area contributed by atoms with E-state index in [0.717, 1.165) is 12.8 Å². The van der Waals surface area contributed by atoms with Crippen LogP contribution in [-0.4, -0.2) is 24.2 Å². The zero-order chi connectivity index (χ0) is 8.97. The highest BCUT2D eigenvalue weighted by Gasteiger charge is 2.26. The van der Waals surface area contributed by atoms with Gasteiger partial charge in [-0.1, -0.05) is 6.92 Å². The summed E-state index contributed by atoms with van der Waals surface area (Å²) >= 11 is 5.88. The van der Waals surface area contributed by atoms with Crippen LogP contribution in [-0.2, 0) is 14.3 Å². The summed E-state index contributed by atoms with van der Waals surface area (Å²) in [7, 11) is 0. The highest BCUT2D eigenvalue weighted by molar-refractivity contribution is 6.21. The van der Waals surface area contributed by atoms with E-state index in [1.807, 2.05) is 0 Å². The molecule has 0 aromatic carbocycles. The Morgan fingerprint density at radius 1 is 1.75 bits per heavy atom. The van der Waals surface area contributed by atoms with E-state index < -0.39 is 6.29 Å². The van der Waals surface area contributed by atoms with E-state index in [9.17, 15) is 4.79 Å². The molecule has 0 aromatic rings. The second kappa shape index (κ2) is 4.67. The smallest absolute Gasteiger partial charge is 0.307 e. The lowest BCUT2D eigenvalue weighted by Crippen LogP contribution is -2.34. The Labute approximate surface area is 77.0 Å². The summed E-state index contributed by atoms with van der Waals surface area (Å²) in [6.07, 6.45) is 1.62. The molecule has 4 heteroatoms. The Bertz CT molecular complexity index is 160. The zero-order valence-electron chi connectivity index (χ0n) is 7.09. The molecule has 1 heterocycles. The molecule has 0 radical (unpaired) electrons. The van der Waals surface area contributed by atoms with Gasteiger partial charge >= 0.3 is 5.97 Å². The fourth-order valence-corrected chi connectivity index (χ4v) is 1.32. The van der Waals surface area contributed by atoms with E-state index >= 15 is 0 Å². The van der Waals surface area contributed by atoms with Crippen LogP contribution in [0, 0.1) is 0 Å². The van der Waals surface area contributed by atoms with Gasteiger partial charge in [0.1, 0.15) is 0 Å². The fourth-order valence-electron chi connectivity index (χ4n) is 1.04. The van der Waals surface area contributed by atoms with Crippen LogP contribution in [0.15, 0.2) is 0 Å². The summed E-state index contributed by atoms with van der Waals surface area (Å²) < 4.78 is 10.1. The summed E-state index contributed by atoms with van der Waals surface area (Å²) in [4.78, 5) is 10.9. The van der Waals surface area contributed by atoms with Crippen LogP contribution in [0.4, 0.5) is 0 Å². The van der Waals surface area contributed by atoms with Crippen molar-refractivity contribution in [2.24, 2.45) is 0 Å². The van der Waals surface area contributed by atoms with E-state index in [-0.39, 0.29) is 11.3 Å². The quantitative estimate of drug-likeness (QED) is 0.493. The molecule has 1 saturated heterocycles. The second-order valence-corrected chi connectivity index (χ2v) is 3.30. The standard InChI is InChI=1S/C8H13ClO3/c1-2-7(10)12-8-6(9)4-3-5-11-8/h6,8H,2-5H2,1H3. The number of carbonyl (C=O) groups is 1. The van der Waals surface area contributed by atoms with Crippen molar-refractivity contribution in [1.82, 2.24) is 0 Å². The average Bonchev–Trinajstić information content (AvgIpc) is 2.09. The molecule has 2 unspecified atom stereocenters. The topological polar surface area (TPSA) is 35.5 Å². The third kappa shape index (κ3) is 2.64. The molecule has 1 fully saturated rings. The molecule has 0 bridgehead atoms. The van der Waals surface area contributed by atoms with E-state index in [2.05, 4.69) is 0 Å². The highest BCUT2D eigenvalue weighted by atomic mass is 35.5. The van der Waals surface area contributed by atoms with Gasteiger partial charge < -0.3 is 9.47 Å². The Morgan fingerprint density at radius 3 is 3.08 bits per heavy atom. The maximum absolute atomic E-state index is 10.9. The van der Waals surface area contributed by atoms with E-state index in [4.69, 9.17) is 21.1 Å². The minimum Gasteiger partial charge on any atom is -0.434 e. The molecular weight excluding hydrogens is 180 g/mol. The molecular formula is C8H13ClO3.